The van der Waals surface area contributed by atoms with Gasteiger partial charge in [-0.15, -0.1) is 0 Å². The van der Waals surface area contributed by atoms with Crippen LogP contribution >= 0.6 is 0 Å². The minimum absolute atomic E-state index is 0.155. The van der Waals surface area contributed by atoms with E-state index in [-0.39, 0.29) is 12.5 Å². The van der Waals surface area contributed by atoms with Crippen LogP contribution in [0.25, 0.3) is 0 Å². The van der Waals surface area contributed by atoms with Crippen LogP contribution in [0.5, 0.6) is 0 Å². The molecule has 2 rings (SSSR count). The van der Waals surface area contributed by atoms with Gasteiger partial charge in [-0.3, -0.25) is 4.79 Å². The summed E-state index contributed by atoms with van der Waals surface area (Å²) in [6, 6.07) is 1.15. The van der Waals surface area contributed by atoms with E-state index in [1.807, 2.05) is 4.90 Å². The number of rotatable bonds is 4. The Morgan fingerprint density at radius 2 is 2.19 bits per heavy atom. The number of carbonyl (C=O) groups excluding carboxylic acids is 1. The molecule has 2 aliphatic heterocycles. The first kappa shape index (κ1) is 11.9. The van der Waals surface area contributed by atoms with Gasteiger partial charge in [0.05, 0.1) is 0 Å². The summed E-state index contributed by atoms with van der Waals surface area (Å²) in [6.07, 6.45) is 4.55. The van der Waals surface area contributed by atoms with Crippen LogP contribution in [-0.2, 0) is 9.53 Å². The van der Waals surface area contributed by atoms with Crippen molar-refractivity contribution in [3.8, 4) is 0 Å². The molecule has 2 atom stereocenters. The van der Waals surface area contributed by atoms with Gasteiger partial charge in [0.1, 0.15) is 6.61 Å². The Balaban J connectivity index is 1.78. The molecule has 2 unspecified atom stereocenters. The highest BCUT2D eigenvalue weighted by Gasteiger charge is 2.30. The van der Waals surface area contributed by atoms with Crippen molar-refractivity contribution in [1.82, 2.24) is 10.2 Å². The zero-order chi connectivity index (χ0) is 11.4. The predicted molar refractivity (Wildman–Crippen MR) is 62.3 cm³/mol. The number of nitrogens with zero attached hydrogens (tertiary/aromatic N) is 1. The minimum Gasteiger partial charge on any atom is -0.372 e. The molecule has 0 aliphatic carbocycles. The van der Waals surface area contributed by atoms with Crippen molar-refractivity contribution < 1.29 is 9.53 Å². The van der Waals surface area contributed by atoms with Gasteiger partial charge in [0.25, 0.3) is 0 Å². The molecular formula is C12H22N2O2. The molecule has 2 aliphatic rings. The average molecular weight is 226 g/mol. The molecular weight excluding hydrogens is 204 g/mol. The van der Waals surface area contributed by atoms with Gasteiger partial charge in [-0.2, -0.15) is 0 Å². The Hall–Kier alpha value is -0.610. The van der Waals surface area contributed by atoms with Gasteiger partial charge in [-0.05, 0) is 25.7 Å². The summed E-state index contributed by atoms with van der Waals surface area (Å²) in [5.74, 6) is 0.155. The van der Waals surface area contributed by atoms with E-state index < -0.39 is 0 Å². The van der Waals surface area contributed by atoms with Crippen LogP contribution < -0.4 is 5.32 Å². The van der Waals surface area contributed by atoms with Crippen LogP contribution in [0.1, 0.15) is 32.6 Å². The maximum atomic E-state index is 11.9. The van der Waals surface area contributed by atoms with E-state index in [1.54, 1.807) is 0 Å². The van der Waals surface area contributed by atoms with Gasteiger partial charge in [-0.1, -0.05) is 6.92 Å². The minimum atomic E-state index is 0.155. The fourth-order valence-corrected chi connectivity index (χ4v) is 2.56. The quantitative estimate of drug-likeness (QED) is 0.720. The lowest BCUT2D eigenvalue weighted by Gasteiger charge is -2.24. The average Bonchev–Trinajstić information content (AvgIpc) is 2.58. The number of hydrogen-bond donors (Lipinski definition) is 1. The maximum Gasteiger partial charge on any atom is 0.248 e. The largest absolute Gasteiger partial charge is 0.372 e. The van der Waals surface area contributed by atoms with Crippen molar-refractivity contribution in [2.75, 3.05) is 26.3 Å². The monoisotopic (exact) mass is 226 g/mol. The fraction of sp³-hybridized carbons (Fsp3) is 0.917. The Morgan fingerprint density at radius 1 is 1.38 bits per heavy atom. The van der Waals surface area contributed by atoms with Gasteiger partial charge in [-0.25, -0.2) is 0 Å². The number of likely N-dealkylation sites (tertiary alicyclic amines) is 1. The lowest BCUT2D eigenvalue weighted by Crippen LogP contribution is -2.40. The molecule has 4 heteroatoms. The summed E-state index contributed by atoms with van der Waals surface area (Å²) in [5, 5.41) is 3.57. The normalized spacial score (nSPS) is 29.2. The first-order valence-electron chi connectivity index (χ1n) is 6.41. The van der Waals surface area contributed by atoms with E-state index in [9.17, 15) is 4.79 Å². The zero-order valence-corrected chi connectivity index (χ0v) is 10.1. The highest BCUT2D eigenvalue weighted by molar-refractivity contribution is 5.77. The van der Waals surface area contributed by atoms with E-state index in [0.29, 0.717) is 18.7 Å². The van der Waals surface area contributed by atoms with Gasteiger partial charge in [0, 0.05) is 31.8 Å². The molecule has 16 heavy (non-hydrogen) atoms. The van der Waals surface area contributed by atoms with Crippen molar-refractivity contribution in [2.45, 2.75) is 44.7 Å². The van der Waals surface area contributed by atoms with Crippen LogP contribution in [0.3, 0.4) is 0 Å². The molecule has 0 aromatic heterocycles. The van der Waals surface area contributed by atoms with Gasteiger partial charge in [0.15, 0.2) is 0 Å². The second kappa shape index (κ2) is 5.64. The number of nitrogens with one attached hydrogen (secondary N) is 1. The summed E-state index contributed by atoms with van der Waals surface area (Å²) < 4.78 is 5.31. The number of carbonyl (C=O) groups is 1. The summed E-state index contributed by atoms with van der Waals surface area (Å²) in [5.41, 5.74) is 0. The van der Waals surface area contributed by atoms with Crippen molar-refractivity contribution >= 4 is 5.91 Å². The molecule has 0 radical (unpaired) electrons. The van der Waals surface area contributed by atoms with E-state index in [4.69, 9.17) is 4.74 Å². The molecule has 0 spiro atoms. The van der Waals surface area contributed by atoms with E-state index >= 15 is 0 Å². The second-order valence-corrected chi connectivity index (χ2v) is 4.82. The van der Waals surface area contributed by atoms with E-state index in [2.05, 4.69) is 12.2 Å². The highest BCUT2D eigenvalue weighted by Crippen LogP contribution is 2.20. The summed E-state index contributed by atoms with van der Waals surface area (Å²) in [4.78, 5) is 13.8. The molecule has 1 amide bonds. The van der Waals surface area contributed by atoms with Gasteiger partial charge < -0.3 is 15.0 Å². The molecule has 0 aromatic carbocycles. The highest BCUT2D eigenvalue weighted by atomic mass is 16.5. The smallest absolute Gasteiger partial charge is 0.248 e. The first-order chi connectivity index (χ1) is 7.79. The number of amides is 1. The maximum absolute atomic E-state index is 11.9. The van der Waals surface area contributed by atoms with Crippen molar-refractivity contribution in [1.29, 1.82) is 0 Å². The summed E-state index contributed by atoms with van der Waals surface area (Å²) in [7, 11) is 0. The van der Waals surface area contributed by atoms with Crippen LogP contribution in [0.2, 0.25) is 0 Å². The lowest BCUT2D eigenvalue weighted by atomic mass is 10.1. The van der Waals surface area contributed by atoms with Crippen LogP contribution in [-0.4, -0.2) is 49.2 Å². The fourth-order valence-electron chi connectivity index (χ4n) is 2.56. The summed E-state index contributed by atoms with van der Waals surface area (Å²) in [6.45, 7) is 4.75. The molecule has 1 N–H and O–H groups in total. The third-order valence-corrected chi connectivity index (χ3v) is 3.45. The zero-order valence-electron chi connectivity index (χ0n) is 10.1. The molecule has 0 aromatic rings. The van der Waals surface area contributed by atoms with Gasteiger partial charge >= 0.3 is 0 Å². The first-order valence-corrected chi connectivity index (χ1v) is 6.41. The number of fused-ring (bicyclic) bond motifs is 2. The van der Waals surface area contributed by atoms with Crippen LogP contribution in [0, 0.1) is 0 Å². The molecule has 0 saturated carbocycles. The topological polar surface area (TPSA) is 41.6 Å². The van der Waals surface area contributed by atoms with Crippen LogP contribution in [0.15, 0.2) is 0 Å². The molecule has 4 nitrogen and oxygen atoms in total. The Kier molecular flexibility index (Phi) is 4.18. The third kappa shape index (κ3) is 2.95. The lowest BCUT2D eigenvalue weighted by molar-refractivity contribution is -0.136. The van der Waals surface area contributed by atoms with Crippen molar-refractivity contribution in [3.05, 3.63) is 0 Å². The third-order valence-electron chi connectivity index (χ3n) is 3.45. The molecule has 92 valence electrons. The Labute approximate surface area is 97.3 Å². The van der Waals surface area contributed by atoms with E-state index in [1.165, 1.54) is 12.8 Å². The van der Waals surface area contributed by atoms with Crippen molar-refractivity contribution in [2.24, 2.45) is 0 Å². The Bertz CT molecular complexity index is 245. The number of ether oxygens (including phenoxy) is 1. The van der Waals surface area contributed by atoms with Crippen LogP contribution in [0.4, 0.5) is 0 Å². The predicted octanol–water partition coefficient (Wildman–Crippen LogP) is 0.766. The van der Waals surface area contributed by atoms with Gasteiger partial charge in [0.2, 0.25) is 5.91 Å². The number of hydrogen-bond acceptors (Lipinski definition) is 3. The SMILES string of the molecule is CCCOCC(=O)N1CCC2CCC(C1)N2. The van der Waals surface area contributed by atoms with Crippen molar-refractivity contribution in [3.63, 3.8) is 0 Å². The second-order valence-electron chi connectivity index (χ2n) is 4.82. The Morgan fingerprint density at radius 3 is 3.00 bits per heavy atom. The van der Waals surface area contributed by atoms with E-state index in [0.717, 1.165) is 25.9 Å². The molecule has 2 fully saturated rings. The summed E-state index contributed by atoms with van der Waals surface area (Å²) >= 11 is 0. The molecule has 2 bridgehead atoms. The standard InChI is InChI=1S/C12H22N2O2/c1-2-7-16-9-12(15)14-6-5-10-3-4-11(8-14)13-10/h10-11,13H,2-9H2,1H3. The molecule has 2 saturated heterocycles. The molecule has 2 heterocycles.